The molecule has 1 heterocycles. The average Bonchev–Trinajstić information content (AvgIpc) is 2.85. The first-order valence-electron chi connectivity index (χ1n) is 6.04. The molecule has 2 aromatic carbocycles. The van der Waals surface area contributed by atoms with Gasteiger partial charge in [-0.15, -0.1) is 17.9 Å². The first-order chi connectivity index (χ1) is 9.29. The number of allylic oxidation sites excluding steroid dienone is 1. The fourth-order valence-corrected chi connectivity index (χ4v) is 3.64. The van der Waals surface area contributed by atoms with Crippen molar-refractivity contribution < 1.29 is 0 Å². The highest BCUT2D eigenvalue weighted by atomic mass is 79.9. The van der Waals surface area contributed by atoms with E-state index in [0.29, 0.717) is 0 Å². The zero-order chi connectivity index (χ0) is 13.2. The molecule has 0 fully saturated rings. The monoisotopic (exact) mass is 329 g/mol. The topological polar surface area (TPSA) is 12.9 Å². The molecule has 0 aliphatic heterocycles. The number of thiazole rings is 1. The highest BCUT2D eigenvalue weighted by molar-refractivity contribution is 9.10. The smallest absolute Gasteiger partial charge is 0.124 e. The van der Waals surface area contributed by atoms with E-state index < -0.39 is 0 Å². The molecule has 94 valence electrons. The van der Waals surface area contributed by atoms with Crippen LogP contribution < -0.4 is 0 Å². The third kappa shape index (κ3) is 2.36. The summed E-state index contributed by atoms with van der Waals surface area (Å²) < 4.78 is 2.34. The van der Waals surface area contributed by atoms with Crippen LogP contribution in [0.2, 0.25) is 0 Å². The summed E-state index contributed by atoms with van der Waals surface area (Å²) in [6, 6.07) is 14.5. The Hall–Kier alpha value is -1.45. The Morgan fingerprint density at radius 2 is 2.00 bits per heavy atom. The summed E-state index contributed by atoms with van der Waals surface area (Å²) in [7, 11) is 0. The number of aromatic nitrogens is 1. The van der Waals surface area contributed by atoms with Crippen molar-refractivity contribution in [1.29, 1.82) is 0 Å². The number of benzene rings is 2. The fourth-order valence-electron chi connectivity index (χ4n) is 2.10. The zero-order valence-electron chi connectivity index (χ0n) is 10.3. The van der Waals surface area contributed by atoms with Crippen LogP contribution >= 0.6 is 27.3 Å². The van der Waals surface area contributed by atoms with E-state index in [1.807, 2.05) is 12.1 Å². The lowest BCUT2D eigenvalue weighted by atomic mass is 10.1. The highest BCUT2D eigenvalue weighted by Crippen LogP contribution is 2.35. The molecular formula is C16H12BrNS. The van der Waals surface area contributed by atoms with Crippen molar-refractivity contribution in [2.24, 2.45) is 0 Å². The summed E-state index contributed by atoms with van der Waals surface area (Å²) in [4.78, 5) is 4.73. The van der Waals surface area contributed by atoms with E-state index in [9.17, 15) is 0 Å². The van der Waals surface area contributed by atoms with Crippen LogP contribution in [0.4, 0.5) is 0 Å². The zero-order valence-corrected chi connectivity index (χ0v) is 12.7. The lowest BCUT2D eigenvalue weighted by molar-refractivity contribution is 1.25. The minimum absolute atomic E-state index is 0.840. The van der Waals surface area contributed by atoms with E-state index in [4.69, 9.17) is 4.98 Å². The van der Waals surface area contributed by atoms with Crippen LogP contribution in [0.1, 0.15) is 5.56 Å². The fraction of sp³-hybridized carbons (Fsp3) is 0.0625. The lowest BCUT2D eigenvalue weighted by Crippen LogP contribution is -1.89. The second-order valence-corrected chi connectivity index (χ2v) is 6.13. The average molecular weight is 330 g/mol. The molecule has 0 saturated carbocycles. The van der Waals surface area contributed by atoms with Crippen molar-refractivity contribution in [3.8, 4) is 10.6 Å². The van der Waals surface area contributed by atoms with Gasteiger partial charge in [0, 0.05) is 10.0 Å². The van der Waals surface area contributed by atoms with Crippen LogP contribution in [0.25, 0.3) is 20.8 Å². The van der Waals surface area contributed by atoms with E-state index in [-0.39, 0.29) is 0 Å². The van der Waals surface area contributed by atoms with Crippen LogP contribution in [0.5, 0.6) is 0 Å². The maximum atomic E-state index is 4.73. The summed E-state index contributed by atoms with van der Waals surface area (Å²) in [5.41, 5.74) is 3.50. The van der Waals surface area contributed by atoms with Gasteiger partial charge in [0.25, 0.3) is 0 Å². The van der Waals surface area contributed by atoms with Crippen LogP contribution in [0.15, 0.2) is 59.6 Å². The molecule has 0 N–H and O–H groups in total. The molecule has 1 nitrogen and oxygen atoms in total. The number of para-hydroxylation sites is 1. The lowest BCUT2D eigenvalue weighted by Gasteiger charge is -2.07. The minimum atomic E-state index is 0.840. The van der Waals surface area contributed by atoms with Gasteiger partial charge in [0.05, 0.1) is 10.2 Å². The molecule has 0 radical (unpaired) electrons. The van der Waals surface area contributed by atoms with Gasteiger partial charge in [-0.05, 0) is 30.2 Å². The third-order valence-electron chi connectivity index (χ3n) is 2.99. The number of rotatable bonds is 3. The van der Waals surface area contributed by atoms with E-state index >= 15 is 0 Å². The van der Waals surface area contributed by atoms with Crippen molar-refractivity contribution >= 4 is 37.5 Å². The van der Waals surface area contributed by atoms with Crippen LogP contribution in [-0.2, 0) is 6.42 Å². The molecule has 0 spiro atoms. The quantitative estimate of drug-likeness (QED) is 0.582. The molecule has 0 unspecified atom stereocenters. The molecule has 1 aromatic heterocycles. The van der Waals surface area contributed by atoms with Gasteiger partial charge >= 0.3 is 0 Å². The maximum Gasteiger partial charge on any atom is 0.124 e. The molecule has 0 aliphatic carbocycles. The van der Waals surface area contributed by atoms with Gasteiger partial charge in [-0.1, -0.05) is 46.3 Å². The summed E-state index contributed by atoms with van der Waals surface area (Å²) in [5, 5.41) is 1.07. The number of halogens is 1. The van der Waals surface area contributed by atoms with E-state index in [1.165, 1.54) is 15.8 Å². The summed E-state index contributed by atoms with van der Waals surface area (Å²) in [6.45, 7) is 3.84. The Balaban J connectivity index is 2.20. The predicted molar refractivity (Wildman–Crippen MR) is 86.7 cm³/mol. The van der Waals surface area contributed by atoms with Crippen molar-refractivity contribution in [1.82, 2.24) is 4.98 Å². The standard InChI is InChI=1S/C16H12BrNS/c1-2-6-11-12(7-5-8-13(11)17)16-18-14-9-3-4-10-15(14)19-16/h2-5,7-10H,1,6H2. The molecule has 19 heavy (non-hydrogen) atoms. The first-order valence-corrected chi connectivity index (χ1v) is 7.65. The third-order valence-corrected chi connectivity index (χ3v) is 4.80. The SMILES string of the molecule is C=CCc1c(Br)cccc1-c1nc2ccccc2s1. The number of hydrogen-bond acceptors (Lipinski definition) is 2. The van der Waals surface area contributed by atoms with Gasteiger partial charge in [0.1, 0.15) is 5.01 Å². The normalized spacial score (nSPS) is 10.8. The van der Waals surface area contributed by atoms with Gasteiger partial charge in [0.2, 0.25) is 0 Å². The molecule has 0 saturated heterocycles. The molecule has 0 atom stereocenters. The second-order valence-electron chi connectivity index (χ2n) is 4.25. The van der Waals surface area contributed by atoms with Crippen LogP contribution in [0, 0.1) is 0 Å². The number of fused-ring (bicyclic) bond motifs is 1. The molecule has 0 aliphatic rings. The van der Waals surface area contributed by atoms with Gasteiger partial charge in [-0.2, -0.15) is 0 Å². The number of hydrogen-bond donors (Lipinski definition) is 0. The van der Waals surface area contributed by atoms with Crippen molar-refractivity contribution in [3.05, 3.63) is 65.2 Å². The van der Waals surface area contributed by atoms with Crippen LogP contribution in [0.3, 0.4) is 0 Å². The molecule has 3 rings (SSSR count). The van der Waals surface area contributed by atoms with Gasteiger partial charge in [0.15, 0.2) is 0 Å². The van der Waals surface area contributed by atoms with Gasteiger partial charge in [-0.3, -0.25) is 0 Å². The van der Waals surface area contributed by atoms with Gasteiger partial charge in [-0.25, -0.2) is 4.98 Å². The Kier molecular flexibility index (Phi) is 3.49. The molecular weight excluding hydrogens is 318 g/mol. The number of nitrogens with zero attached hydrogens (tertiary/aromatic N) is 1. The van der Waals surface area contributed by atoms with E-state index in [2.05, 4.69) is 58.9 Å². The van der Waals surface area contributed by atoms with Gasteiger partial charge < -0.3 is 0 Å². The molecule has 0 bridgehead atoms. The van der Waals surface area contributed by atoms with E-state index in [1.54, 1.807) is 11.3 Å². The Morgan fingerprint density at radius 3 is 2.79 bits per heavy atom. The predicted octanol–water partition coefficient (Wildman–Crippen LogP) is 5.45. The Labute approximate surface area is 124 Å². The molecule has 3 aromatic rings. The second kappa shape index (κ2) is 5.27. The molecule has 3 heteroatoms. The highest BCUT2D eigenvalue weighted by Gasteiger charge is 2.11. The van der Waals surface area contributed by atoms with Crippen molar-refractivity contribution in [2.45, 2.75) is 6.42 Å². The summed E-state index contributed by atoms with van der Waals surface area (Å²) in [5.74, 6) is 0. The minimum Gasteiger partial charge on any atom is -0.236 e. The summed E-state index contributed by atoms with van der Waals surface area (Å²) in [6.07, 6.45) is 2.77. The van der Waals surface area contributed by atoms with Crippen LogP contribution in [-0.4, -0.2) is 4.98 Å². The molecule has 0 amide bonds. The Morgan fingerprint density at radius 1 is 1.16 bits per heavy atom. The maximum absolute atomic E-state index is 4.73. The summed E-state index contributed by atoms with van der Waals surface area (Å²) >= 11 is 5.35. The van der Waals surface area contributed by atoms with E-state index in [0.717, 1.165) is 21.4 Å². The first kappa shape index (κ1) is 12.6. The van der Waals surface area contributed by atoms with Crippen molar-refractivity contribution in [3.63, 3.8) is 0 Å². The van der Waals surface area contributed by atoms with Crippen molar-refractivity contribution in [2.75, 3.05) is 0 Å². The Bertz CT molecular complexity index is 712. The largest absolute Gasteiger partial charge is 0.236 e.